The molecule has 2 aromatic rings. The maximum absolute atomic E-state index is 12.0. The Labute approximate surface area is 151 Å². The Morgan fingerprint density at radius 3 is 2.85 bits per heavy atom. The second kappa shape index (κ2) is 7.78. The fraction of sp³-hybridized carbons (Fsp3) is 0.389. The number of para-hydroxylation sites is 1. The first-order valence-electron chi connectivity index (χ1n) is 8.26. The van der Waals surface area contributed by atoms with Gasteiger partial charge in [0.25, 0.3) is 5.89 Å². The van der Waals surface area contributed by atoms with Gasteiger partial charge in [0.15, 0.2) is 5.66 Å². The molecule has 1 amide bonds. The number of ether oxygens (including phenoxy) is 1. The molecule has 1 N–H and O–H groups in total. The van der Waals surface area contributed by atoms with Gasteiger partial charge in [-0.15, -0.1) is 22.5 Å². The van der Waals surface area contributed by atoms with Crippen molar-refractivity contribution in [3.63, 3.8) is 0 Å². The van der Waals surface area contributed by atoms with E-state index in [0.717, 1.165) is 0 Å². The first-order valence-corrected chi connectivity index (χ1v) is 8.26. The molecule has 0 unspecified atom stereocenters. The highest BCUT2D eigenvalue weighted by Gasteiger charge is 2.38. The molecule has 0 saturated carbocycles. The molecule has 1 aliphatic heterocycles. The molecule has 0 spiro atoms. The normalized spacial score (nSPS) is 13.8. The lowest BCUT2D eigenvalue weighted by atomic mass is 10.0. The summed E-state index contributed by atoms with van der Waals surface area (Å²) in [6.07, 6.45) is 7.23. The van der Waals surface area contributed by atoms with Crippen LogP contribution in [0.2, 0.25) is 0 Å². The van der Waals surface area contributed by atoms with E-state index in [1.54, 1.807) is 13.2 Å². The summed E-state index contributed by atoms with van der Waals surface area (Å²) < 4.78 is 10.8. The molecule has 0 bridgehead atoms. The van der Waals surface area contributed by atoms with Crippen LogP contribution in [0.25, 0.3) is 11.5 Å². The molecule has 8 nitrogen and oxygen atoms in total. The van der Waals surface area contributed by atoms with Crippen LogP contribution in [0.1, 0.15) is 25.2 Å². The average Bonchev–Trinajstić information content (AvgIpc) is 3.28. The molecule has 2 heterocycles. The van der Waals surface area contributed by atoms with E-state index in [2.05, 4.69) is 31.7 Å². The van der Waals surface area contributed by atoms with Crippen molar-refractivity contribution in [3.8, 4) is 29.5 Å². The van der Waals surface area contributed by atoms with E-state index in [4.69, 9.17) is 15.6 Å². The third kappa shape index (κ3) is 4.25. The highest BCUT2D eigenvalue weighted by molar-refractivity contribution is 5.77. The molecule has 1 aliphatic rings. The molecule has 0 radical (unpaired) electrons. The van der Waals surface area contributed by atoms with Crippen molar-refractivity contribution < 1.29 is 13.9 Å². The number of rotatable bonds is 9. The number of benzene rings is 1. The zero-order chi connectivity index (χ0) is 18.4. The highest BCUT2D eigenvalue weighted by atomic mass is 16.5. The molecular formula is C18H19N5O3. The number of nitrogens with zero attached hydrogens (tertiary/aromatic N) is 4. The topological polar surface area (TPSA) is 102 Å². The second-order valence-corrected chi connectivity index (χ2v) is 5.86. The molecule has 1 aromatic heterocycles. The van der Waals surface area contributed by atoms with E-state index in [1.807, 2.05) is 18.2 Å². The summed E-state index contributed by atoms with van der Waals surface area (Å²) in [6, 6.07) is 7.31. The molecule has 1 aromatic carbocycles. The van der Waals surface area contributed by atoms with Crippen LogP contribution in [0.5, 0.6) is 5.75 Å². The summed E-state index contributed by atoms with van der Waals surface area (Å²) in [5, 5.41) is 18.8. The van der Waals surface area contributed by atoms with E-state index < -0.39 is 5.66 Å². The lowest BCUT2D eigenvalue weighted by Gasteiger charge is -2.09. The van der Waals surface area contributed by atoms with Crippen LogP contribution in [0, 0.1) is 12.3 Å². The standard InChI is InChI=1S/C18H19N5O3/c1-3-4-9-18(22-23-18)10-11-19-15(24)12-16-20-21-17(26-16)13-7-5-6-8-14(13)25-2/h1,5-8H,4,9-12H2,2H3,(H,19,24). The van der Waals surface area contributed by atoms with Crippen LogP contribution < -0.4 is 10.1 Å². The van der Waals surface area contributed by atoms with Gasteiger partial charge in [0, 0.05) is 25.8 Å². The fourth-order valence-electron chi connectivity index (χ4n) is 2.53. The monoisotopic (exact) mass is 353 g/mol. The van der Waals surface area contributed by atoms with Gasteiger partial charge in [-0.05, 0) is 12.1 Å². The molecule has 0 atom stereocenters. The summed E-state index contributed by atoms with van der Waals surface area (Å²) in [5.41, 5.74) is 0.280. The van der Waals surface area contributed by atoms with Crippen LogP contribution in [-0.2, 0) is 11.2 Å². The largest absolute Gasteiger partial charge is 0.496 e. The molecule has 0 aliphatic carbocycles. The van der Waals surface area contributed by atoms with Gasteiger partial charge in [-0.1, -0.05) is 12.1 Å². The number of terminal acetylenes is 1. The summed E-state index contributed by atoms with van der Waals surface area (Å²) in [4.78, 5) is 12.0. The van der Waals surface area contributed by atoms with E-state index in [9.17, 15) is 4.79 Å². The van der Waals surface area contributed by atoms with Crippen molar-refractivity contribution in [2.24, 2.45) is 10.2 Å². The molecular weight excluding hydrogens is 334 g/mol. The van der Waals surface area contributed by atoms with Gasteiger partial charge < -0.3 is 14.5 Å². The maximum atomic E-state index is 12.0. The number of aromatic nitrogens is 2. The van der Waals surface area contributed by atoms with E-state index in [1.165, 1.54) is 0 Å². The van der Waals surface area contributed by atoms with Crippen LogP contribution in [0.3, 0.4) is 0 Å². The maximum Gasteiger partial charge on any atom is 0.251 e. The number of hydrogen-bond donors (Lipinski definition) is 1. The summed E-state index contributed by atoms with van der Waals surface area (Å²) >= 11 is 0. The van der Waals surface area contributed by atoms with Crippen molar-refractivity contribution in [3.05, 3.63) is 30.2 Å². The zero-order valence-electron chi connectivity index (χ0n) is 14.4. The predicted molar refractivity (Wildman–Crippen MR) is 93.3 cm³/mol. The number of nitrogens with one attached hydrogen (secondary N) is 1. The molecule has 8 heteroatoms. The molecule has 0 saturated heterocycles. The SMILES string of the molecule is C#CCCC1(CCNC(=O)Cc2nnc(-c3ccccc3OC)o2)N=N1. The average molecular weight is 353 g/mol. The molecule has 134 valence electrons. The summed E-state index contributed by atoms with van der Waals surface area (Å²) in [5.74, 6) is 3.56. The van der Waals surface area contributed by atoms with Crippen molar-refractivity contribution in [2.45, 2.75) is 31.3 Å². The zero-order valence-corrected chi connectivity index (χ0v) is 14.4. The molecule has 0 fully saturated rings. The van der Waals surface area contributed by atoms with Gasteiger partial charge in [0.2, 0.25) is 11.8 Å². The van der Waals surface area contributed by atoms with Gasteiger partial charge in [0.05, 0.1) is 12.7 Å². The lowest BCUT2D eigenvalue weighted by molar-refractivity contribution is -0.120. The number of methoxy groups -OCH3 is 1. The van der Waals surface area contributed by atoms with Crippen molar-refractivity contribution >= 4 is 5.91 Å². The van der Waals surface area contributed by atoms with Crippen LogP contribution >= 0.6 is 0 Å². The number of amides is 1. The fourth-order valence-corrected chi connectivity index (χ4v) is 2.53. The van der Waals surface area contributed by atoms with E-state index in [0.29, 0.717) is 43.0 Å². The number of carbonyl (C=O) groups is 1. The quantitative estimate of drug-likeness (QED) is 0.697. The lowest BCUT2D eigenvalue weighted by Crippen LogP contribution is -2.29. The van der Waals surface area contributed by atoms with Crippen molar-refractivity contribution in [1.29, 1.82) is 0 Å². The Balaban J connectivity index is 1.50. The minimum Gasteiger partial charge on any atom is -0.496 e. The van der Waals surface area contributed by atoms with E-state index in [-0.39, 0.29) is 18.2 Å². The summed E-state index contributed by atoms with van der Waals surface area (Å²) in [6.45, 7) is 0.462. The van der Waals surface area contributed by atoms with Gasteiger partial charge >= 0.3 is 0 Å². The van der Waals surface area contributed by atoms with Gasteiger partial charge in [-0.3, -0.25) is 4.79 Å². The number of carbonyl (C=O) groups excluding carboxylic acids is 1. The highest BCUT2D eigenvalue weighted by Crippen LogP contribution is 2.36. The van der Waals surface area contributed by atoms with Crippen molar-refractivity contribution in [1.82, 2.24) is 15.5 Å². The second-order valence-electron chi connectivity index (χ2n) is 5.86. The first-order chi connectivity index (χ1) is 12.7. The Morgan fingerprint density at radius 2 is 2.12 bits per heavy atom. The smallest absolute Gasteiger partial charge is 0.251 e. The first kappa shape index (κ1) is 17.6. The Bertz CT molecular complexity index is 847. The Hall–Kier alpha value is -3.21. The molecule has 26 heavy (non-hydrogen) atoms. The Kier molecular flexibility index (Phi) is 5.27. The van der Waals surface area contributed by atoms with Crippen LogP contribution in [-0.4, -0.2) is 35.4 Å². The van der Waals surface area contributed by atoms with Crippen molar-refractivity contribution in [2.75, 3.05) is 13.7 Å². The van der Waals surface area contributed by atoms with Gasteiger partial charge in [0.1, 0.15) is 12.2 Å². The third-order valence-corrected chi connectivity index (χ3v) is 4.02. The molecule has 3 rings (SSSR count). The van der Waals surface area contributed by atoms with E-state index >= 15 is 0 Å². The van der Waals surface area contributed by atoms with Gasteiger partial charge in [-0.2, -0.15) is 10.2 Å². The Morgan fingerprint density at radius 1 is 1.31 bits per heavy atom. The third-order valence-electron chi connectivity index (χ3n) is 4.02. The summed E-state index contributed by atoms with van der Waals surface area (Å²) in [7, 11) is 1.57. The van der Waals surface area contributed by atoms with Gasteiger partial charge in [-0.25, -0.2) is 0 Å². The predicted octanol–water partition coefficient (Wildman–Crippen LogP) is 2.37. The van der Waals surface area contributed by atoms with Crippen LogP contribution in [0.4, 0.5) is 0 Å². The minimum absolute atomic E-state index is 0.00773. The van der Waals surface area contributed by atoms with Crippen LogP contribution in [0.15, 0.2) is 38.9 Å². The minimum atomic E-state index is -0.402. The number of hydrogen-bond acceptors (Lipinski definition) is 7.